The van der Waals surface area contributed by atoms with Crippen molar-refractivity contribution in [2.45, 2.75) is 24.7 Å². The number of allylic oxidation sites excluding steroid dienone is 1. The van der Waals surface area contributed by atoms with Gasteiger partial charge in [0.15, 0.2) is 22.2 Å². The molecule has 2 aromatic heterocycles. The predicted molar refractivity (Wildman–Crippen MR) is 148 cm³/mol. The van der Waals surface area contributed by atoms with Gasteiger partial charge in [0, 0.05) is 22.5 Å². The summed E-state index contributed by atoms with van der Waals surface area (Å²) in [5.74, 6) is 1.04. The lowest BCUT2D eigenvalue weighted by Gasteiger charge is -2.16. The maximum Gasteiger partial charge on any atom is 0.236 e. The Kier molecular flexibility index (Phi) is 8.92. The zero-order valence-corrected chi connectivity index (χ0v) is 22.9. The van der Waals surface area contributed by atoms with E-state index in [9.17, 15) is 4.79 Å². The van der Waals surface area contributed by atoms with E-state index < -0.39 is 6.10 Å². The highest BCUT2D eigenvalue weighted by Gasteiger charge is 2.21. The van der Waals surface area contributed by atoms with Gasteiger partial charge in [-0.25, -0.2) is 4.98 Å². The molecule has 4 aromatic rings. The Labute approximate surface area is 231 Å². The third-order valence-electron chi connectivity index (χ3n) is 4.85. The fourth-order valence-electron chi connectivity index (χ4n) is 3.23. The number of ether oxygens (including phenoxy) is 1. The first kappa shape index (κ1) is 26.5. The van der Waals surface area contributed by atoms with Crippen LogP contribution in [0.4, 0.5) is 5.13 Å². The van der Waals surface area contributed by atoms with E-state index in [1.165, 1.54) is 23.1 Å². The van der Waals surface area contributed by atoms with Crippen molar-refractivity contribution in [1.82, 2.24) is 19.7 Å². The molecule has 0 bridgehead atoms. The number of nitrogens with one attached hydrogen (secondary N) is 1. The van der Waals surface area contributed by atoms with Crippen LogP contribution in [0.15, 0.2) is 65.7 Å². The van der Waals surface area contributed by atoms with Gasteiger partial charge in [0.05, 0.1) is 21.5 Å². The van der Waals surface area contributed by atoms with Crippen LogP contribution in [-0.2, 0) is 11.3 Å². The Bertz CT molecular complexity index is 1390. The number of hydrogen-bond donors (Lipinski definition) is 1. The van der Waals surface area contributed by atoms with Gasteiger partial charge >= 0.3 is 0 Å². The molecule has 4 rings (SSSR count). The van der Waals surface area contributed by atoms with Crippen LogP contribution in [0.1, 0.15) is 18.9 Å². The highest BCUT2D eigenvalue weighted by Crippen LogP contribution is 2.33. The second-order valence-corrected chi connectivity index (χ2v) is 10.5. The summed E-state index contributed by atoms with van der Waals surface area (Å²) in [5, 5.41) is 15.8. The Morgan fingerprint density at radius 2 is 2.03 bits per heavy atom. The second-order valence-electron chi connectivity index (χ2n) is 7.43. The largest absolute Gasteiger partial charge is 0.481 e. The number of para-hydroxylation sites is 1. The van der Waals surface area contributed by atoms with Gasteiger partial charge in [0.2, 0.25) is 5.91 Å². The molecule has 1 atom stereocenters. The number of rotatable bonds is 10. The Hall–Kier alpha value is -2.56. The van der Waals surface area contributed by atoms with E-state index in [0.717, 1.165) is 5.56 Å². The van der Waals surface area contributed by atoms with Gasteiger partial charge in [-0.05, 0) is 37.3 Å². The van der Waals surface area contributed by atoms with Crippen LogP contribution in [-0.4, -0.2) is 31.4 Å². The minimum atomic E-state index is -0.422. The standard InChI is InChI=1S/C24H20Cl3N5O2S2/c1-3-10-32-22(14(2)34-20-7-5-4-6-17(20)26)30-31-24(32)36-13-21(33)29-23-28-19(12-35-23)16-9-8-15(25)11-18(16)27/h3-9,11-12,14H,1,10,13H2,2H3,(H,28,29,33). The number of hydrogen-bond acceptors (Lipinski definition) is 7. The summed E-state index contributed by atoms with van der Waals surface area (Å²) in [7, 11) is 0. The van der Waals surface area contributed by atoms with Crippen molar-refractivity contribution < 1.29 is 9.53 Å². The number of carbonyl (C=O) groups excluding carboxylic acids is 1. The molecule has 0 aliphatic heterocycles. The first-order valence-corrected chi connectivity index (χ1v) is 13.6. The van der Waals surface area contributed by atoms with E-state index in [2.05, 4.69) is 27.1 Å². The van der Waals surface area contributed by atoms with Gasteiger partial charge in [0.25, 0.3) is 0 Å². The topological polar surface area (TPSA) is 81.9 Å². The van der Waals surface area contributed by atoms with Gasteiger partial charge in [-0.1, -0.05) is 64.8 Å². The number of halogens is 3. The molecule has 0 aliphatic carbocycles. The molecule has 1 unspecified atom stereocenters. The maximum atomic E-state index is 12.6. The normalized spacial score (nSPS) is 11.8. The average Bonchev–Trinajstić information content (AvgIpc) is 3.46. The van der Waals surface area contributed by atoms with E-state index >= 15 is 0 Å². The van der Waals surface area contributed by atoms with E-state index in [0.29, 0.717) is 49.2 Å². The van der Waals surface area contributed by atoms with Gasteiger partial charge < -0.3 is 10.1 Å². The monoisotopic (exact) mass is 579 g/mol. The highest BCUT2D eigenvalue weighted by atomic mass is 35.5. The molecule has 36 heavy (non-hydrogen) atoms. The van der Waals surface area contributed by atoms with Gasteiger partial charge in [-0.15, -0.1) is 28.1 Å². The summed E-state index contributed by atoms with van der Waals surface area (Å²) in [6.45, 7) is 6.13. The fraction of sp³-hybridized carbons (Fsp3) is 0.167. The second kappa shape index (κ2) is 12.1. The van der Waals surface area contributed by atoms with Gasteiger partial charge in [-0.2, -0.15) is 0 Å². The molecule has 1 amide bonds. The Morgan fingerprint density at radius 1 is 1.22 bits per heavy atom. The quantitative estimate of drug-likeness (QED) is 0.155. The molecule has 0 fully saturated rings. The summed E-state index contributed by atoms with van der Waals surface area (Å²) < 4.78 is 7.85. The minimum Gasteiger partial charge on any atom is -0.481 e. The zero-order valence-electron chi connectivity index (χ0n) is 19.0. The first-order valence-electron chi connectivity index (χ1n) is 10.6. The number of nitrogens with zero attached hydrogens (tertiary/aromatic N) is 4. The Balaban J connectivity index is 1.40. The van der Waals surface area contributed by atoms with Gasteiger partial charge in [0.1, 0.15) is 5.75 Å². The van der Waals surface area contributed by atoms with Crippen molar-refractivity contribution in [2.75, 3.05) is 11.1 Å². The summed E-state index contributed by atoms with van der Waals surface area (Å²) in [6.07, 6.45) is 1.31. The lowest BCUT2D eigenvalue weighted by Crippen LogP contribution is -2.15. The van der Waals surface area contributed by atoms with Crippen molar-refractivity contribution in [3.8, 4) is 17.0 Å². The molecule has 12 heteroatoms. The molecule has 2 heterocycles. The molecule has 7 nitrogen and oxygen atoms in total. The van der Waals surface area contributed by atoms with E-state index in [4.69, 9.17) is 39.5 Å². The van der Waals surface area contributed by atoms with E-state index in [1.807, 2.05) is 29.0 Å². The fourth-order valence-corrected chi connectivity index (χ4v) is 5.40. The van der Waals surface area contributed by atoms with Crippen molar-refractivity contribution in [3.05, 3.63) is 81.4 Å². The zero-order chi connectivity index (χ0) is 25.7. The number of aromatic nitrogens is 4. The third kappa shape index (κ3) is 6.41. The van der Waals surface area contributed by atoms with Crippen molar-refractivity contribution in [2.24, 2.45) is 0 Å². The van der Waals surface area contributed by atoms with Crippen LogP contribution < -0.4 is 10.1 Å². The van der Waals surface area contributed by atoms with Crippen LogP contribution in [0.25, 0.3) is 11.3 Å². The number of anilines is 1. The van der Waals surface area contributed by atoms with Crippen LogP contribution in [0.2, 0.25) is 15.1 Å². The van der Waals surface area contributed by atoms with Crippen LogP contribution in [0.3, 0.4) is 0 Å². The van der Waals surface area contributed by atoms with E-state index in [-0.39, 0.29) is 11.7 Å². The molecule has 0 saturated carbocycles. The molecule has 1 N–H and O–H groups in total. The minimum absolute atomic E-state index is 0.117. The molecule has 186 valence electrons. The van der Waals surface area contributed by atoms with E-state index in [1.54, 1.807) is 36.4 Å². The number of carbonyl (C=O) groups is 1. The molecular formula is C24H20Cl3N5O2S2. The van der Waals surface area contributed by atoms with Crippen LogP contribution in [0.5, 0.6) is 5.75 Å². The van der Waals surface area contributed by atoms with Crippen LogP contribution >= 0.6 is 57.9 Å². The molecule has 0 radical (unpaired) electrons. The van der Waals surface area contributed by atoms with Crippen molar-refractivity contribution >= 4 is 68.9 Å². The van der Waals surface area contributed by atoms with Crippen LogP contribution in [0, 0.1) is 0 Å². The average molecular weight is 581 g/mol. The molecule has 2 aromatic carbocycles. The predicted octanol–water partition coefficient (Wildman–Crippen LogP) is 7.42. The summed E-state index contributed by atoms with van der Waals surface area (Å²) in [4.78, 5) is 17.1. The Morgan fingerprint density at radius 3 is 2.78 bits per heavy atom. The molecule has 0 saturated heterocycles. The number of amides is 1. The number of thiazole rings is 1. The molecular weight excluding hydrogens is 561 g/mol. The van der Waals surface area contributed by atoms with Gasteiger partial charge in [-0.3, -0.25) is 9.36 Å². The SMILES string of the molecule is C=CCn1c(SCC(=O)Nc2nc(-c3ccc(Cl)cc3Cl)cs2)nnc1C(C)Oc1ccccc1Cl. The third-order valence-corrected chi connectivity index (χ3v) is 7.44. The maximum absolute atomic E-state index is 12.6. The molecule has 0 spiro atoms. The smallest absolute Gasteiger partial charge is 0.236 e. The first-order chi connectivity index (χ1) is 17.4. The summed E-state index contributed by atoms with van der Waals surface area (Å²) in [5.41, 5.74) is 1.40. The molecule has 0 aliphatic rings. The number of thioether (sulfide) groups is 1. The highest BCUT2D eigenvalue weighted by molar-refractivity contribution is 7.99. The van der Waals surface area contributed by atoms with Crippen molar-refractivity contribution in [3.63, 3.8) is 0 Å². The lowest BCUT2D eigenvalue weighted by molar-refractivity contribution is -0.113. The summed E-state index contributed by atoms with van der Waals surface area (Å²) >= 11 is 21.0. The number of benzene rings is 2. The van der Waals surface area contributed by atoms with Crippen molar-refractivity contribution in [1.29, 1.82) is 0 Å². The summed E-state index contributed by atoms with van der Waals surface area (Å²) in [6, 6.07) is 12.4. The lowest BCUT2D eigenvalue weighted by atomic mass is 10.2.